The summed E-state index contributed by atoms with van der Waals surface area (Å²) in [5, 5.41) is 10.3. The van der Waals surface area contributed by atoms with Gasteiger partial charge in [0.15, 0.2) is 11.0 Å². The zero-order valence-electron chi connectivity index (χ0n) is 15.2. The van der Waals surface area contributed by atoms with Gasteiger partial charge in [-0.05, 0) is 29.8 Å². The van der Waals surface area contributed by atoms with Gasteiger partial charge in [0, 0.05) is 29.0 Å². The number of thioether (sulfide) groups is 1. The highest BCUT2D eigenvalue weighted by atomic mass is 35.5. The minimum Gasteiger partial charge on any atom is -0.497 e. The van der Waals surface area contributed by atoms with Crippen LogP contribution in [0.25, 0.3) is 11.4 Å². The van der Waals surface area contributed by atoms with Crippen LogP contribution >= 0.6 is 23.4 Å². The molecule has 0 aliphatic rings. The SMILES string of the molecule is C=CCn1c(SCc2ccc(Cl)cc2)nnc1-c1cc(OC)cc(OC)c1. The van der Waals surface area contributed by atoms with Crippen LogP contribution in [0, 0.1) is 0 Å². The van der Waals surface area contributed by atoms with E-state index in [1.165, 1.54) is 5.56 Å². The molecule has 1 aromatic heterocycles. The molecule has 140 valence electrons. The minimum absolute atomic E-state index is 0.602. The molecule has 0 bridgehead atoms. The van der Waals surface area contributed by atoms with Crippen molar-refractivity contribution in [3.8, 4) is 22.9 Å². The maximum Gasteiger partial charge on any atom is 0.192 e. The number of allylic oxidation sites excluding steroid dienone is 1. The van der Waals surface area contributed by atoms with Crippen LogP contribution in [0.2, 0.25) is 5.02 Å². The Bertz CT molecular complexity index is 903. The van der Waals surface area contributed by atoms with E-state index in [0.29, 0.717) is 18.0 Å². The molecule has 0 saturated carbocycles. The van der Waals surface area contributed by atoms with Crippen LogP contribution in [-0.4, -0.2) is 29.0 Å². The Balaban J connectivity index is 1.91. The van der Waals surface area contributed by atoms with E-state index in [1.54, 1.807) is 26.0 Å². The lowest BCUT2D eigenvalue weighted by Gasteiger charge is -2.10. The van der Waals surface area contributed by atoms with Crippen molar-refractivity contribution in [2.45, 2.75) is 17.5 Å². The number of nitrogens with zero attached hydrogens (tertiary/aromatic N) is 3. The van der Waals surface area contributed by atoms with Gasteiger partial charge < -0.3 is 9.47 Å². The van der Waals surface area contributed by atoms with Crippen LogP contribution in [0.15, 0.2) is 60.3 Å². The molecule has 0 radical (unpaired) electrons. The van der Waals surface area contributed by atoms with E-state index in [4.69, 9.17) is 21.1 Å². The molecule has 0 N–H and O–H groups in total. The molecule has 0 atom stereocenters. The van der Waals surface area contributed by atoms with Gasteiger partial charge in [-0.2, -0.15) is 0 Å². The van der Waals surface area contributed by atoms with Gasteiger partial charge in [-0.3, -0.25) is 4.57 Å². The van der Waals surface area contributed by atoms with Gasteiger partial charge in [-0.15, -0.1) is 16.8 Å². The Morgan fingerprint density at radius 1 is 1.07 bits per heavy atom. The summed E-state index contributed by atoms with van der Waals surface area (Å²) in [6, 6.07) is 13.5. The molecule has 0 fully saturated rings. The van der Waals surface area contributed by atoms with E-state index in [9.17, 15) is 0 Å². The van der Waals surface area contributed by atoms with Crippen molar-refractivity contribution in [2.75, 3.05) is 14.2 Å². The lowest BCUT2D eigenvalue weighted by atomic mass is 10.2. The summed E-state index contributed by atoms with van der Waals surface area (Å²) in [5.41, 5.74) is 2.04. The normalized spacial score (nSPS) is 10.6. The predicted octanol–water partition coefficient (Wildman–Crippen LogP) is 5.09. The molecule has 1 heterocycles. The Morgan fingerprint density at radius 2 is 1.74 bits per heavy atom. The van der Waals surface area contributed by atoms with Crippen molar-refractivity contribution in [1.82, 2.24) is 14.8 Å². The second-order valence-electron chi connectivity index (χ2n) is 5.72. The van der Waals surface area contributed by atoms with E-state index in [2.05, 4.69) is 16.8 Å². The summed E-state index contributed by atoms with van der Waals surface area (Å²) < 4.78 is 12.8. The second-order valence-corrected chi connectivity index (χ2v) is 7.10. The van der Waals surface area contributed by atoms with Gasteiger partial charge in [-0.25, -0.2) is 0 Å². The average Bonchev–Trinajstić information content (AvgIpc) is 3.10. The number of ether oxygens (including phenoxy) is 2. The molecule has 0 aliphatic heterocycles. The van der Waals surface area contributed by atoms with Crippen LogP contribution in [0.4, 0.5) is 0 Å². The van der Waals surface area contributed by atoms with Gasteiger partial charge in [0.1, 0.15) is 11.5 Å². The first-order valence-corrected chi connectivity index (χ1v) is 9.65. The fourth-order valence-corrected chi connectivity index (χ4v) is 3.60. The Morgan fingerprint density at radius 3 is 2.33 bits per heavy atom. The third-order valence-corrected chi connectivity index (χ3v) is 5.21. The number of benzene rings is 2. The summed E-state index contributed by atoms with van der Waals surface area (Å²) in [7, 11) is 3.25. The number of hydrogen-bond acceptors (Lipinski definition) is 5. The molecular formula is C20H20ClN3O2S. The Hall–Kier alpha value is -2.44. The summed E-state index contributed by atoms with van der Waals surface area (Å²) in [6.07, 6.45) is 1.83. The molecule has 2 aromatic carbocycles. The van der Waals surface area contributed by atoms with Gasteiger partial charge in [0.25, 0.3) is 0 Å². The largest absolute Gasteiger partial charge is 0.497 e. The summed E-state index contributed by atoms with van der Waals surface area (Å²) in [5.74, 6) is 2.92. The maximum atomic E-state index is 5.95. The van der Waals surface area contributed by atoms with Crippen molar-refractivity contribution in [3.05, 3.63) is 65.7 Å². The van der Waals surface area contributed by atoms with E-state index in [0.717, 1.165) is 27.3 Å². The smallest absolute Gasteiger partial charge is 0.192 e. The number of halogens is 1. The summed E-state index contributed by atoms with van der Waals surface area (Å²) >= 11 is 7.57. The van der Waals surface area contributed by atoms with Crippen LogP contribution in [0.1, 0.15) is 5.56 Å². The van der Waals surface area contributed by atoms with Crippen molar-refractivity contribution in [3.63, 3.8) is 0 Å². The number of aromatic nitrogens is 3. The zero-order chi connectivity index (χ0) is 19.2. The molecular weight excluding hydrogens is 382 g/mol. The van der Waals surface area contributed by atoms with Gasteiger partial charge in [0.2, 0.25) is 0 Å². The highest BCUT2D eigenvalue weighted by molar-refractivity contribution is 7.98. The fourth-order valence-electron chi connectivity index (χ4n) is 2.57. The Labute approximate surface area is 168 Å². The first-order valence-electron chi connectivity index (χ1n) is 8.29. The maximum absolute atomic E-state index is 5.95. The van der Waals surface area contributed by atoms with Gasteiger partial charge >= 0.3 is 0 Å². The van der Waals surface area contributed by atoms with Crippen LogP contribution in [0.3, 0.4) is 0 Å². The zero-order valence-corrected chi connectivity index (χ0v) is 16.8. The molecule has 0 unspecified atom stereocenters. The van der Waals surface area contributed by atoms with Crippen molar-refractivity contribution >= 4 is 23.4 Å². The van der Waals surface area contributed by atoms with Crippen LogP contribution in [-0.2, 0) is 12.3 Å². The highest BCUT2D eigenvalue weighted by Crippen LogP contribution is 2.31. The van der Waals surface area contributed by atoms with Gasteiger partial charge in [0.05, 0.1) is 14.2 Å². The fraction of sp³-hybridized carbons (Fsp3) is 0.200. The second kappa shape index (κ2) is 8.97. The first-order chi connectivity index (χ1) is 13.1. The van der Waals surface area contributed by atoms with Crippen molar-refractivity contribution in [2.24, 2.45) is 0 Å². The Kier molecular flexibility index (Phi) is 6.42. The van der Waals surface area contributed by atoms with Crippen molar-refractivity contribution in [1.29, 1.82) is 0 Å². The molecule has 0 spiro atoms. The number of rotatable bonds is 8. The quantitative estimate of drug-likeness (QED) is 0.388. The van der Waals surface area contributed by atoms with E-state index < -0.39 is 0 Å². The average molecular weight is 402 g/mol. The molecule has 0 amide bonds. The van der Waals surface area contributed by atoms with Crippen LogP contribution < -0.4 is 9.47 Å². The molecule has 3 rings (SSSR count). The van der Waals surface area contributed by atoms with E-state index in [1.807, 2.05) is 53.1 Å². The standard InChI is InChI=1S/C20H20ClN3O2S/c1-4-9-24-19(15-10-17(25-2)12-18(11-15)26-3)22-23-20(24)27-13-14-5-7-16(21)8-6-14/h4-8,10-12H,1,9,13H2,2-3H3. The number of hydrogen-bond donors (Lipinski definition) is 0. The summed E-state index contributed by atoms with van der Waals surface area (Å²) in [6.45, 7) is 4.46. The monoisotopic (exact) mass is 401 g/mol. The third kappa shape index (κ3) is 4.64. The van der Waals surface area contributed by atoms with Gasteiger partial charge in [-0.1, -0.05) is 41.6 Å². The molecule has 3 aromatic rings. The van der Waals surface area contributed by atoms with E-state index >= 15 is 0 Å². The lowest BCUT2D eigenvalue weighted by Crippen LogP contribution is -2.01. The number of methoxy groups -OCH3 is 2. The van der Waals surface area contributed by atoms with Crippen molar-refractivity contribution < 1.29 is 9.47 Å². The topological polar surface area (TPSA) is 49.2 Å². The third-order valence-electron chi connectivity index (χ3n) is 3.92. The minimum atomic E-state index is 0.602. The lowest BCUT2D eigenvalue weighted by molar-refractivity contribution is 0.394. The molecule has 7 heteroatoms. The highest BCUT2D eigenvalue weighted by Gasteiger charge is 2.15. The van der Waals surface area contributed by atoms with E-state index in [-0.39, 0.29) is 0 Å². The molecule has 5 nitrogen and oxygen atoms in total. The summed E-state index contributed by atoms with van der Waals surface area (Å²) in [4.78, 5) is 0. The predicted molar refractivity (Wildman–Crippen MR) is 110 cm³/mol. The van der Waals surface area contributed by atoms with Crippen LogP contribution in [0.5, 0.6) is 11.5 Å². The first kappa shape index (κ1) is 19.3. The molecule has 0 saturated heterocycles. The molecule has 0 aliphatic carbocycles. The molecule has 27 heavy (non-hydrogen) atoms.